The quantitative estimate of drug-likeness (QED) is 0.900. The number of halogens is 1. The van der Waals surface area contributed by atoms with E-state index in [4.69, 9.17) is 0 Å². The molecular weight excluding hydrogens is 280 g/mol. The van der Waals surface area contributed by atoms with Crippen LogP contribution in [0.3, 0.4) is 0 Å². The van der Waals surface area contributed by atoms with Gasteiger partial charge in [-0.25, -0.2) is 0 Å². The summed E-state index contributed by atoms with van der Waals surface area (Å²) in [6, 6.07) is 5.93. The topological polar surface area (TPSA) is 41.1 Å². The van der Waals surface area contributed by atoms with Crippen LogP contribution in [0.1, 0.15) is 12.5 Å². The second kappa shape index (κ2) is 5.19. The fraction of sp³-hybridized carbons (Fsp3) is 0.462. The van der Waals surface area contributed by atoms with Gasteiger partial charge < -0.3 is 10.6 Å². The monoisotopic (exact) mass is 296 g/mol. The first-order valence-electron chi connectivity index (χ1n) is 5.85. The summed E-state index contributed by atoms with van der Waals surface area (Å²) < 4.78 is 0.991. The van der Waals surface area contributed by atoms with Crippen LogP contribution in [0.4, 0.5) is 5.69 Å². The maximum absolute atomic E-state index is 12.0. The summed E-state index contributed by atoms with van der Waals surface area (Å²) in [6.07, 6.45) is 0. The molecule has 2 rings (SSSR count). The number of hydrogen-bond donors (Lipinski definition) is 2. The molecule has 1 aliphatic heterocycles. The number of rotatable bonds is 3. The van der Waals surface area contributed by atoms with Crippen molar-refractivity contribution in [3.63, 3.8) is 0 Å². The molecule has 4 heteroatoms. The Kier molecular flexibility index (Phi) is 3.84. The molecule has 1 unspecified atom stereocenters. The molecule has 1 atom stereocenters. The van der Waals surface area contributed by atoms with Gasteiger partial charge >= 0.3 is 0 Å². The van der Waals surface area contributed by atoms with E-state index in [1.54, 1.807) is 0 Å². The number of amides is 1. The van der Waals surface area contributed by atoms with E-state index in [9.17, 15) is 4.79 Å². The van der Waals surface area contributed by atoms with Crippen molar-refractivity contribution >= 4 is 27.5 Å². The average molecular weight is 297 g/mol. The number of benzene rings is 1. The van der Waals surface area contributed by atoms with Crippen molar-refractivity contribution in [3.8, 4) is 0 Å². The van der Waals surface area contributed by atoms with Gasteiger partial charge in [0.15, 0.2) is 0 Å². The molecule has 1 fully saturated rings. The Balaban J connectivity index is 2.01. The summed E-state index contributed by atoms with van der Waals surface area (Å²) in [6.45, 7) is 5.91. The minimum atomic E-state index is 0.0653. The van der Waals surface area contributed by atoms with Gasteiger partial charge in [0.05, 0.1) is 0 Å². The molecule has 0 aromatic heterocycles. The molecule has 0 aliphatic carbocycles. The highest BCUT2D eigenvalue weighted by Gasteiger charge is 2.28. The highest BCUT2D eigenvalue weighted by atomic mass is 79.9. The van der Waals surface area contributed by atoms with Crippen molar-refractivity contribution in [1.29, 1.82) is 0 Å². The summed E-state index contributed by atoms with van der Waals surface area (Å²) in [5, 5.41) is 6.17. The lowest BCUT2D eigenvalue weighted by molar-refractivity contribution is -0.121. The van der Waals surface area contributed by atoms with Crippen LogP contribution in [-0.4, -0.2) is 19.0 Å². The van der Waals surface area contributed by atoms with E-state index in [0.29, 0.717) is 5.92 Å². The first-order valence-corrected chi connectivity index (χ1v) is 6.64. The Morgan fingerprint density at radius 1 is 1.47 bits per heavy atom. The fourth-order valence-corrected chi connectivity index (χ4v) is 2.55. The Morgan fingerprint density at radius 3 is 2.71 bits per heavy atom. The maximum atomic E-state index is 12.0. The van der Waals surface area contributed by atoms with Crippen LogP contribution in [-0.2, 0) is 4.79 Å². The Morgan fingerprint density at radius 2 is 2.18 bits per heavy atom. The third-order valence-corrected chi connectivity index (χ3v) is 3.70. The van der Waals surface area contributed by atoms with E-state index < -0.39 is 0 Å². The lowest BCUT2D eigenvalue weighted by Gasteiger charge is -2.31. The molecule has 3 nitrogen and oxygen atoms in total. The van der Waals surface area contributed by atoms with Crippen molar-refractivity contribution in [2.75, 3.05) is 18.4 Å². The standard InChI is InChI=1S/C13H17BrN2O/c1-8-3-11(14)5-12(4-8)16-13(17)9(2)10-6-15-7-10/h3-5,9-10,15H,6-7H2,1-2H3,(H,16,17). The molecule has 1 saturated heterocycles. The minimum Gasteiger partial charge on any atom is -0.326 e. The zero-order valence-corrected chi connectivity index (χ0v) is 11.7. The fourth-order valence-electron chi connectivity index (χ4n) is 1.94. The number of carbonyl (C=O) groups excluding carboxylic acids is 1. The normalized spacial score (nSPS) is 17.4. The van der Waals surface area contributed by atoms with Gasteiger partial charge in [-0.05, 0) is 49.7 Å². The zero-order valence-electron chi connectivity index (χ0n) is 10.1. The minimum absolute atomic E-state index is 0.0653. The van der Waals surface area contributed by atoms with E-state index in [-0.39, 0.29) is 11.8 Å². The van der Waals surface area contributed by atoms with Crippen LogP contribution in [0.2, 0.25) is 0 Å². The Labute approximate surface area is 110 Å². The van der Waals surface area contributed by atoms with E-state index in [1.165, 1.54) is 0 Å². The van der Waals surface area contributed by atoms with Crippen molar-refractivity contribution in [2.24, 2.45) is 11.8 Å². The van der Waals surface area contributed by atoms with Crippen LogP contribution in [0.25, 0.3) is 0 Å². The van der Waals surface area contributed by atoms with Crippen LogP contribution in [0.15, 0.2) is 22.7 Å². The number of carbonyl (C=O) groups is 1. The van der Waals surface area contributed by atoms with Crippen LogP contribution in [0.5, 0.6) is 0 Å². The van der Waals surface area contributed by atoms with Gasteiger partial charge in [0.2, 0.25) is 5.91 Å². The third kappa shape index (κ3) is 3.07. The van der Waals surface area contributed by atoms with Gasteiger partial charge in [-0.15, -0.1) is 0 Å². The lowest BCUT2D eigenvalue weighted by Crippen LogP contribution is -2.48. The maximum Gasteiger partial charge on any atom is 0.227 e. The molecule has 0 radical (unpaired) electrons. The van der Waals surface area contributed by atoms with Gasteiger partial charge in [-0.2, -0.15) is 0 Å². The second-order valence-corrected chi connectivity index (χ2v) is 5.63. The van der Waals surface area contributed by atoms with Gasteiger partial charge in [0, 0.05) is 16.1 Å². The molecule has 2 N–H and O–H groups in total. The van der Waals surface area contributed by atoms with Crippen molar-refractivity contribution in [3.05, 3.63) is 28.2 Å². The van der Waals surface area contributed by atoms with Crippen molar-refractivity contribution in [1.82, 2.24) is 5.32 Å². The Hall–Kier alpha value is -0.870. The predicted octanol–water partition coefficient (Wildman–Crippen LogP) is 2.55. The summed E-state index contributed by atoms with van der Waals surface area (Å²) in [4.78, 5) is 12.0. The van der Waals surface area contributed by atoms with Gasteiger partial charge in [-0.1, -0.05) is 22.9 Å². The molecule has 1 amide bonds. The molecule has 1 aliphatic rings. The first-order chi connectivity index (χ1) is 8.06. The van der Waals surface area contributed by atoms with Crippen LogP contribution >= 0.6 is 15.9 Å². The summed E-state index contributed by atoms with van der Waals surface area (Å²) in [5.74, 6) is 0.646. The summed E-state index contributed by atoms with van der Waals surface area (Å²) in [7, 11) is 0. The van der Waals surface area contributed by atoms with Crippen molar-refractivity contribution < 1.29 is 4.79 Å². The molecule has 1 heterocycles. The third-order valence-electron chi connectivity index (χ3n) is 3.24. The van der Waals surface area contributed by atoms with E-state index >= 15 is 0 Å². The SMILES string of the molecule is Cc1cc(Br)cc(NC(=O)C(C)C2CNC2)c1. The van der Waals surface area contributed by atoms with E-state index in [1.807, 2.05) is 32.0 Å². The highest BCUT2D eigenvalue weighted by Crippen LogP contribution is 2.22. The molecular formula is C13H17BrN2O. The number of nitrogens with one attached hydrogen (secondary N) is 2. The van der Waals surface area contributed by atoms with Crippen molar-refractivity contribution in [2.45, 2.75) is 13.8 Å². The summed E-state index contributed by atoms with van der Waals surface area (Å²) in [5.41, 5.74) is 1.99. The van der Waals surface area contributed by atoms with Crippen LogP contribution in [0, 0.1) is 18.8 Å². The zero-order chi connectivity index (χ0) is 12.4. The summed E-state index contributed by atoms with van der Waals surface area (Å²) >= 11 is 3.43. The largest absolute Gasteiger partial charge is 0.326 e. The smallest absolute Gasteiger partial charge is 0.227 e. The van der Waals surface area contributed by atoms with Gasteiger partial charge in [-0.3, -0.25) is 4.79 Å². The van der Waals surface area contributed by atoms with Crippen LogP contribution < -0.4 is 10.6 Å². The molecule has 92 valence electrons. The number of anilines is 1. The molecule has 0 spiro atoms. The second-order valence-electron chi connectivity index (χ2n) is 4.71. The molecule has 0 saturated carbocycles. The average Bonchev–Trinajstić information content (AvgIpc) is 2.12. The van der Waals surface area contributed by atoms with E-state index in [0.717, 1.165) is 28.8 Å². The highest BCUT2D eigenvalue weighted by molar-refractivity contribution is 9.10. The first kappa shape index (κ1) is 12.6. The molecule has 1 aromatic rings. The number of hydrogen-bond acceptors (Lipinski definition) is 2. The lowest BCUT2D eigenvalue weighted by atomic mass is 9.88. The molecule has 1 aromatic carbocycles. The van der Waals surface area contributed by atoms with Gasteiger partial charge in [0.25, 0.3) is 0 Å². The Bertz CT molecular complexity index is 409. The van der Waals surface area contributed by atoms with Gasteiger partial charge in [0.1, 0.15) is 0 Å². The molecule has 17 heavy (non-hydrogen) atoms. The molecule has 0 bridgehead atoms. The van der Waals surface area contributed by atoms with E-state index in [2.05, 4.69) is 26.6 Å². The predicted molar refractivity (Wildman–Crippen MR) is 73.0 cm³/mol. The number of aryl methyl sites for hydroxylation is 1.